The molecule has 0 atom stereocenters. The molecule has 0 spiro atoms. The minimum absolute atomic E-state index is 0.0174. The smallest absolute Gasteiger partial charge is 0.387 e. The number of sulfonamides is 1. The molecular weight excluding hydrogens is 350 g/mol. The second kappa shape index (κ2) is 7.63. The summed E-state index contributed by atoms with van der Waals surface area (Å²) in [6.07, 6.45) is 0.227. The SMILES string of the molecule is O=S(=O)(NCCc1ccc(OC(F)F)cc1)c1cc(F)ccc1F. The number of alkyl halides is 2. The molecule has 0 heterocycles. The molecule has 9 heteroatoms. The van der Waals surface area contributed by atoms with Crippen LogP contribution in [0.1, 0.15) is 5.56 Å². The van der Waals surface area contributed by atoms with Gasteiger partial charge in [0, 0.05) is 6.54 Å². The summed E-state index contributed by atoms with van der Waals surface area (Å²) >= 11 is 0. The van der Waals surface area contributed by atoms with Crippen LogP contribution in [0.2, 0.25) is 0 Å². The van der Waals surface area contributed by atoms with E-state index in [1.165, 1.54) is 24.3 Å². The van der Waals surface area contributed by atoms with Crippen LogP contribution in [0.5, 0.6) is 5.75 Å². The second-order valence-corrected chi connectivity index (χ2v) is 6.48. The summed E-state index contributed by atoms with van der Waals surface area (Å²) in [7, 11) is -4.20. The lowest BCUT2D eigenvalue weighted by atomic mass is 10.1. The van der Waals surface area contributed by atoms with Crippen molar-refractivity contribution in [3.8, 4) is 5.75 Å². The zero-order chi connectivity index (χ0) is 17.7. The van der Waals surface area contributed by atoms with Gasteiger partial charge in [0.15, 0.2) is 0 Å². The Bertz CT molecular complexity index is 795. The molecule has 0 aromatic heterocycles. The Kier molecular flexibility index (Phi) is 5.79. The van der Waals surface area contributed by atoms with Crippen LogP contribution in [0, 0.1) is 11.6 Å². The lowest BCUT2D eigenvalue weighted by molar-refractivity contribution is -0.0498. The van der Waals surface area contributed by atoms with E-state index in [-0.39, 0.29) is 18.7 Å². The van der Waals surface area contributed by atoms with E-state index in [1.54, 1.807) is 0 Å². The van der Waals surface area contributed by atoms with Crippen molar-refractivity contribution in [2.24, 2.45) is 0 Å². The molecule has 1 N–H and O–H groups in total. The molecule has 0 amide bonds. The highest BCUT2D eigenvalue weighted by molar-refractivity contribution is 7.89. The Labute approximate surface area is 136 Å². The van der Waals surface area contributed by atoms with Crippen molar-refractivity contribution in [1.82, 2.24) is 4.72 Å². The minimum Gasteiger partial charge on any atom is -0.435 e. The number of halogens is 4. The molecule has 0 bridgehead atoms. The van der Waals surface area contributed by atoms with Gasteiger partial charge in [-0.05, 0) is 42.3 Å². The van der Waals surface area contributed by atoms with Gasteiger partial charge in [-0.2, -0.15) is 8.78 Å². The predicted octanol–water partition coefficient (Wildman–Crippen LogP) is 3.09. The first-order valence-electron chi connectivity index (χ1n) is 6.76. The third-order valence-electron chi connectivity index (χ3n) is 3.04. The second-order valence-electron chi connectivity index (χ2n) is 4.74. The molecule has 0 unspecified atom stereocenters. The van der Waals surface area contributed by atoms with Gasteiger partial charge in [-0.3, -0.25) is 0 Å². The average molecular weight is 363 g/mol. The van der Waals surface area contributed by atoms with E-state index in [0.29, 0.717) is 11.6 Å². The summed E-state index contributed by atoms with van der Waals surface area (Å²) < 4.78 is 80.9. The van der Waals surface area contributed by atoms with Gasteiger partial charge in [0.05, 0.1) is 0 Å². The first kappa shape index (κ1) is 18.2. The molecule has 0 saturated carbocycles. The standard InChI is InChI=1S/C15H13F4NO3S/c16-11-3-6-13(17)14(9-11)24(21,22)20-8-7-10-1-4-12(5-2-10)23-15(18)19/h1-6,9,15,20H,7-8H2. The monoisotopic (exact) mass is 363 g/mol. The fourth-order valence-electron chi connectivity index (χ4n) is 1.93. The number of benzene rings is 2. The van der Waals surface area contributed by atoms with Gasteiger partial charge in [0.1, 0.15) is 22.3 Å². The Morgan fingerprint density at radius 2 is 1.71 bits per heavy atom. The third-order valence-corrected chi connectivity index (χ3v) is 4.51. The number of nitrogens with one attached hydrogen (secondary N) is 1. The van der Waals surface area contributed by atoms with Crippen LogP contribution >= 0.6 is 0 Å². The van der Waals surface area contributed by atoms with Crippen molar-refractivity contribution >= 4 is 10.0 Å². The van der Waals surface area contributed by atoms with Crippen molar-refractivity contribution in [3.05, 3.63) is 59.7 Å². The first-order valence-corrected chi connectivity index (χ1v) is 8.25. The van der Waals surface area contributed by atoms with E-state index in [4.69, 9.17) is 0 Å². The van der Waals surface area contributed by atoms with Crippen LogP contribution in [-0.4, -0.2) is 21.6 Å². The maximum Gasteiger partial charge on any atom is 0.387 e. The van der Waals surface area contributed by atoms with E-state index in [1.807, 2.05) is 0 Å². The van der Waals surface area contributed by atoms with Crippen molar-refractivity contribution in [3.63, 3.8) is 0 Å². The molecule has 0 aliphatic carbocycles. The Morgan fingerprint density at radius 3 is 2.33 bits per heavy atom. The molecule has 0 radical (unpaired) electrons. The number of ether oxygens (including phenoxy) is 1. The first-order chi connectivity index (χ1) is 11.3. The fourth-order valence-corrected chi connectivity index (χ4v) is 3.05. The highest BCUT2D eigenvalue weighted by atomic mass is 32.2. The summed E-state index contributed by atoms with van der Waals surface area (Å²) in [5.41, 5.74) is 0.652. The summed E-state index contributed by atoms with van der Waals surface area (Å²) in [4.78, 5) is -0.775. The fraction of sp³-hybridized carbons (Fsp3) is 0.200. The van der Waals surface area contributed by atoms with Gasteiger partial charge in [0.25, 0.3) is 0 Å². The van der Waals surface area contributed by atoms with Crippen molar-refractivity contribution in [1.29, 1.82) is 0 Å². The maximum atomic E-state index is 13.5. The molecule has 2 aromatic carbocycles. The van der Waals surface area contributed by atoms with E-state index in [9.17, 15) is 26.0 Å². The largest absolute Gasteiger partial charge is 0.435 e. The molecular formula is C15H13F4NO3S. The summed E-state index contributed by atoms with van der Waals surface area (Å²) in [6, 6.07) is 7.77. The van der Waals surface area contributed by atoms with Crippen molar-refractivity contribution in [2.45, 2.75) is 17.9 Å². The quantitative estimate of drug-likeness (QED) is 0.769. The zero-order valence-corrected chi connectivity index (χ0v) is 13.0. The molecule has 0 saturated heterocycles. The van der Waals surface area contributed by atoms with Crippen molar-refractivity contribution < 1.29 is 30.7 Å². The lowest BCUT2D eigenvalue weighted by Gasteiger charge is -2.09. The van der Waals surface area contributed by atoms with Gasteiger partial charge in [-0.1, -0.05) is 12.1 Å². The molecule has 2 aromatic rings. The molecule has 0 fully saturated rings. The highest BCUT2D eigenvalue weighted by Gasteiger charge is 2.19. The van der Waals surface area contributed by atoms with Crippen LogP contribution in [0.3, 0.4) is 0 Å². The lowest BCUT2D eigenvalue weighted by Crippen LogP contribution is -2.27. The van der Waals surface area contributed by atoms with Gasteiger partial charge in [-0.25, -0.2) is 21.9 Å². The molecule has 4 nitrogen and oxygen atoms in total. The van der Waals surface area contributed by atoms with Crippen LogP contribution in [0.25, 0.3) is 0 Å². The normalized spacial score (nSPS) is 11.7. The van der Waals surface area contributed by atoms with Crippen LogP contribution in [0.15, 0.2) is 47.4 Å². The van der Waals surface area contributed by atoms with Gasteiger partial charge < -0.3 is 4.74 Å². The number of hydrogen-bond donors (Lipinski definition) is 1. The van der Waals surface area contributed by atoms with Crippen LogP contribution < -0.4 is 9.46 Å². The van der Waals surface area contributed by atoms with E-state index < -0.39 is 33.2 Å². The van der Waals surface area contributed by atoms with Gasteiger partial charge >= 0.3 is 6.61 Å². The Balaban J connectivity index is 1.97. The van der Waals surface area contributed by atoms with Crippen LogP contribution in [0.4, 0.5) is 17.6 Å². The van der Waals surface area contributed by atoms with E-state index >= 15 is 0 Å². The summed E-state index contributed by atoms with van der Waals surface area (Å²) in [5.74, 6) is -1.94. The van der Waals surface area contributed by atoms with E-state index in [2.05, 4.69) is 9.46 Å². The summed E-state index contributed by atoms with van der Waals surface area (Å²) in [5, 5.41) is 0. The molecule has 0 aliphatic heterocycles. The number of hydrogen-bond acceptors (Lipinski definition) is 3. The topological polar surface area (TPSA) is 55.4 Å². The van der Waals surface area contributed by atoms with Gasteiger partial charge in [-0.15, -0.1) is 0 Å². The van der Waals surface area contributed by atoms with Crippen LogP contribution in [-0.2, 0) is 16.4 Å². The molecule has 2 rings (SSSR count). The third kappa shape index (κ3) is 4.93. The minimum atomic E-state index is -4.20. The Hall–Kier alpha value is -2.13. The predicted molar refractivity (Wildman–Crippen MR) is 78.3 cm³/mol. The molecule has 24 heavy (non-hydrogen) atoms. The Morgan fingerprint density at radius 1 is 1.04 bits per heavy atom. The van der Waals surface area contributed by atoms with Crippen molar-refractivity contribution in [2.75, 3.05) is 6.54 Å². The molecule has 0 aliphatic rings. The highest BCUT2D eigenvalue weighted by Crippen LogP contribution is 2.17. The summed E-state index contributed by atoms with van der Waals surface area (Å²) in [6.45, 7) is -3.00. The van der Waals surface area contributed by atoms with Gasteiger partial charge in [0.2, 0.25) is 10.0 Å². The van der Waals surface area contributed by atoms with E-state index in [0.717, 1.165) is 12.1 Å². The molecule has 130 valence electrons. The average Bonchev–Trinajstić information content (AvgIpc) is 2.50. The zero-order valence-electron chi connectivity index (χ0n) is 12.2. The maximum absolute atomic E-state index is 13.5. The number of rotatable bonds is 7.